The van der Waals surface area contributed by atoms with Crippen LogP contribution >= 0.6 is 0 Å². The smallest absolute Gasteiger partial charge is 0.329 e. The van der Waals surface area contributed by atoms with E-state index in [1.807, 2.05) is 0 Å². The molecule has 0 fully saturated rings. The largest absolute Gasteiger partial charge is 0.416 e. The maximum atomic E-state index is 12.6. The summed E-state index contributed by atoms with van der Waals surface area (Å²) in [5, 5.41) is 2.72. The van der Waals surface area contributed by atoms with E-state index in [1.165, 1.54) is 12.1 Å². The van der Waals surface area contributed by atoms with Crippen molar-refractivity contribution < 1.29 is 22.8 Å². The molecule has 0 bridgehead atoms. The Labute approximate surface area is 125 Å². The maximum absolute atomic E-state index is 12.6. The third kappa shape index (κ3) is 2.65. The van der Waals surface area contributed by atoms with Crippen LogP contribution in [0.4, 0.5) is 13.2 Å². The van der Waals surface area contributed by atoms with Crippen molar-refractivity contribution >= 4 is 11.7 Å². The average Bonchev–Trinajstić information content (AvgIpc) is 2.45. The summed E-state index contributed by atoms with van der Waals surface area (Å²) >= 11 is 0. The number of carbonyl (C=O) groups is 2. The van der Waals surface area contributed by atoms with Gasteiger partial charge in [0, 0.05) is 30.0 Å². The molecule has 1 aliphatic heterocycles. The normalized spacial score (nSPS) is 22.4. The standard InChI is InChI=1S/C16H14F3NO2/c17-16(18,19)10-6-4-9(5-7-10)11-8-14(22)20-12-2-1-3-13(21)15(11)12/h4-7,11H,1-3,8H2,(H,20,22)/t11-/m0/s1. The average molecular weight is 309 g/mol. The fourth-order valence-corrected chi connectivity index (χ4v) is 3.09. The molecule has 2 aliphatic rings. The molecule has 1 atom stereocenters. The van der Waals surface area contributed by atoms with Crippen molar-refractivity contribution in [2.75, 3.05) is 0 Å². The molecule has 0 saturated heterocycles. The van der Waals surface area contributed by atoms with Crippen LogP contribution in [0.1, 0.15) is 42.7 Å². The van der Waals surface area contributed by atoms with Crippen LogP contribution in [-0.4, -0.2) is 11.7 Å². The van der Waals surface area contributed by atoms with E-state index in [2.05, 4.69) is 5.32 Å². The molecule has 1 aromatic rings. The second kappa shape index (κ2) is 5.26. The van der Waals surface area contributed by atoms with Crippen molar-refractivity contribution in [3.8, 4) is 0 Å². The quantitative estimate of drug-likeness (QED) is 0.865. The number of allylic oxidation sites excluding steroid dienone is 2. The number of rotatable bonds is 1. The number of alkyl halides is 3. The lowest BCUT2D eigenvalue weighted by molar-refractivity contribution is -0.137. The topological polar surface area (TPSA) is 46.2 Å². The van der Waals surface area contributed by atoms with E-state index in [-0.39, 0.29) is 18.1 Å². The maximum Gasteiger partial charge on any atom is 0.416 e. The van der Waals surface area contributed by atoms with Crippen molar-refractivity contribution in [2.24, 2.45) is 0 Å². The summed E-state index contributed by atoms with van der Waals surface area (Å²) in [6.45, 7) is 0. The van der Waals surface area contributed by atoms with Gasteiger partial charge in [0.25, 0.3) is 0 Å². The molecule has 0 spiro atoms. The van der Waals surface area contributed by atoms with Crippen LogP contribution in [0.2, 0.25) is 0 Å². The summed E-state index contributed by atoms with van der Waals surface area (Å²) in [4.78, 5) is 24.0. The van der Waals surface area contributed by atoms with E-state index >= 15 is 0 Å². The Morgan fingerprint density at radius 3 is 2.36 bits per heavy atom. The monoisotopic (exact) mass is 309 g/mol. The number of ketones is 1. The van der Waals surface area contributed by atoms with Gasteiger partial charge in [-0.1, -0.05) is 12.1 Å². The molecule has 22 heavy (non-hydrogen) atoms. The number of hydrogen-bond donors (Lipinski definition) is 1. The van der Waals surface area contributed by atoms with Crippen LogP contribution in [0, 0.1) is 0 Å². The lowest BCUT2D eigenvalue weighted by Gasteiger charge is -2.31. The molecule has 1 aliphatic carbocycles. The van der Waals surface area contributed by atoms with Gasteiger partial charge in [-0.05, 0) is 30.5 Å². The molecule has 0 saturated carbocycles. The van der Waals surface area contributed by atoms with E-state index < -0.39 is 17.7 Å². The Morgan fingerprint density at radius 2 is 1.73 bits per heavy atom. The first kappa shape index (κ1) is 14.8. The Balaban J connectivity index is 1.99. The second-order valence-corrected chi connectivity index (χ2v) is 5.59. The molecule has 3 nitrogen and oxygen atoms in total. The molecule has 3 rings (SSSR count). The van der Waals surface area contributed by atoms with Gasteiger partial charge in [-0.3, -0.25) is 9.59 Å². The van der Waals surface area contributed by atoms with Gasteiger partial charge >= 0.3 is 6.18 Å². The van der Waals surface area contributed by atoms with Crippen molar-refractivity contribution in [1.82, 2.24) is 5.32 Å². The number of carbonyl (C=O) groups excluding carboxylic acids is 2. The predicted molar refractivity (Wildman–Crippen MR) is 72.8 cm³/mol. The summed E-state index contributed by atoms with van der Waals surface area (Å²) in [5.41, 5.74) is 1.04. The predicted octanol–water partition coefficient (Wildman–Crippen LogP) is 3.32. The van der Waals surface area contributed by atoms with Gasteiger partial charge in [-0.2, -0.15) is 13.2 Å². The highest BCUT2D eigenvalue weighted by Crippen LogP contribution is 2.39. The number of halogens is 3. The molecule has 116 valence electrons. The van der Waals surface area contributed by atoms with Crippen molar-refractivity contribution in [3.05, 3.63) is 46.7 Å². The molecule has 0 radical (unpaired) electrons. The van der Waals surface area contributed by atoms with Gasteiger partial charge in [0.15, 0.2) is 5.78 Å². The molecule has 0 aromatic heterocycles. The van der Waals surface area contributed by atoms with E-state index in [1.54, 1.807) is 0 Å². The zero-order chi connectivity index (χ0) is 15.9. The Morgan fingerprint density at radius 1 is 1.05 bits per heavy atom. The van der Waals surface area contributed by atoms with Gasteiger partial charge in [0.05, 0.1) is 5.56 Å². The molecule has 1 heterocycles. The SMILES string of the molecule is O=C1C[C@@H](c2ccc(C(F)(F)F)cc2)C2=C(CCCC2=O)N1. The Kier molecular flexibility index (Phi) is 3.54. The van der Waals surface area contributed by atoms with Crippen molar-refractivity contribution in [3.63, 3.8) is 0 Å². The number of nitrogens with one attached hydrogen (secondary N) is 1. The highest BCUT2D eigenvalue weighted by molar-refractivity contribution is 6.01. The number of amides is 1. The van der Waals surface area contributed by atoms with Gasteiger partial charge in [0.2, 0.25) is 5.91 Å². The van der Waals surface area contributed by atoms with Crippen LogP contribution in [0.5, 0.6) is 0 Å². The minimum atomic E-state index is -4.40. The Hall–Kier alpha value is -2.11. The van der Waals surface area contributed by atoms with Crippen molar-refractivity contribution in [1.29, 1.82) is 0 Å². The lowest BCUT2D eigenvalue weighted by atomic mass is 9.78. The third-order valence-electron chi connectivity index (χ3n) is 4.12. The third-order valence-corrected chi connectivity index (χ3v) is 4.12. The van der Waals surface area contributed by atoms with Gasteiger partial charge < -0.3 is 5.32 Å². The van der Waals surface area contributed by atoms with E-state index in [0.29, 0.717) is 36.1 Å². The summed E-state index contributed by atoms with van der Waals surface area (Å²) in [6, 6.07) is 4.71. The first-order valence-electron chi connectivity index (χ1n) is 7.09. The summed E-state index contributed by atoms with van der Waals surface area (Å²) < 4.78 is 37.9. The highest BCUT2D eigenvalue weighted by atomic mass is 19.4. The summed E-state index contributed by atoms with van der Waals surface area (Å²) in [5.74, 6) is -0.664. The van der Waals surface area contributed by atoms with Gasteiger partial charge in [0.1, 0.15) is 0 Å². The first-order valence-corrected chi connectivity index (χ1v) is 7.09. The van der Waals surface area contributed by atoms with Crippen LogP contribution in [0.3, 0.4) is 0 Å². The zero-order valence-electron chi connectivity index (χ0n) is 11.7. The number of benzene rings is 1. The second-order valence-electron chi connectivity index (χ2n) is 5.59. The molecule has 6 heteroatoms. The van der Waals surface area contributed by atoms with Gasteiger partial charge in [-0.25, -0.2) is 0 Å². The summed E-state index contributed by atoms with van der Waals surface area (Å²) in [7, 11) is 0. The lowest BCUT2D eigenvalue weighted by Crippen LogP contribution is -2.36. The molecular formula is C16H14F3NO2. The fraction of sp³-hybridized carbons (Fsp3) is 0.375. The minimum Gasteiger partial charge on any atom is -0.329 e. The molecule has 1 N–H and O–H groups in total. The van der Waals surface area contributed by atoms with E-state index in [0.717, 1.165) is 12.1 Å². The fourth-order valence-electron chi connectivity index (χ4n) is 3.09. The molecule has 1 aromatic carbocycles. The molecule has 1 amide bonds. The molecule has 0 unspecified atom stereocenters. The highest BCUT2D eigenvalue weighted by Gasteiger charge is 2.35. The number of Topliss-reactive ketones (excluding diaryl/α,β-unsaturated/α-hetero) is 1. The minimum absolute atomic E-state index is 0.0221. The van der Waals surface area contributed by atoms with E-state index in [4.69, 9.17) is 0 Å². The first-order chi connectivity index (χ1) is 10.4. The van der Waals surface area contributed by atoms with Crippen LogP contribution in [0.25, 0.3) is 0 Å². The Bertz CT molecular complexity index is 659. The molecular weight excluding hydrogens is 295 g/mol. The van der Waals surface area contributed by atoms with Crippen LogP contribution in [0.15, 0.2) is 35.5 Å². The zero-order valence-corrected chi connectivity index (χ0v) is 11.7. The van der Waals surface area contributed by atoms with Crippen molar-refractivity contribution in [2.45, 2.75) is 37.8 Å². The van der Waals surface area contributed by atoms with Crippen LogP contribution in [-0.2, 0) is 15.8 Å². The van der Waals surface area contributed by atoms with Gasteiger partial charge in [-0.15, -0.1) is 0 Å². The van der Waals surface area contributed by atoms with Crippen LogP contribution < -0.4 is 5.32 Å². The van der Waals surface area contributed by atoms with E-state index in [9.17, 15) is 22.8 Å². The summed E-state index contributed by atoms with van der Waals surface area (Å²) in [6.07, 6.45) is -2.56. The number of hydrogen-bond acceptors (Lipinski definition) is 2.